The summed E-state index contributed by atoms with van der Waals surface area (Å²) >= 11 is 0. The van der Waals surface area contributed by atoms with Crippen LogP contribution in [0.3, 0.4) is 0 Å². The number of unbranched alkanes of at least 4 members (excludes halogenated alkanes) is 3. The van der Waals surface area contributed by atoms with E-state index in [1.165, 1.54) is 0 Å². The highest BCUT2D eigenvalue weighted by Crippen LogP contribution is 2.05. The highest BCUT2D eigenvalue weighted by atomic mass is 16.3. The smallest absolute Gasteiger partial charge is 0.253 e. The van der Waals surface area contributed by atoms with Crippen molar-refractivity contribution in [3.63, 3.8) is 0 Å². The summed E-state index contributed by atoms with van der Waals surface area (Å²) in [5.41, 5.74) is 0. The number of nitrogens with one attached hydrogen (secondary N) is 2. The molecule has 0 saturated carbocycles. The van der Waals surface area contributed by atoms with Gasteiger partial charge in [0.1, 0.15) is 11.9 Å². The summed E-state index contributed by atoms with van der Waals surface area (Å²) in [7, 11) is 0. The van der Waals surface area contributed by atoms with E-state index in [9.17, 15) is 29.4 Å². The Labute approximate surface area is 135 Å². The van der Waals surface area contributed by atoms with Crippen molar-refractivity contribution in [3.05, 3.63) is 0 Å². The molecule has 0 saturated heterocycles. The van der Waals surface area contributed by atoms with Crippen LogP contribution in [0.15, 0.2) is 0 Å². The SMILES string of the molecule is CC(=O)CCCCCCC(=O)NCNC(=O)[C@H](O)[C@@H](O)C(C)=O. The third kappa shape index (κ3) is 10.5. The number of rotatable bonds is 12. The molecule has 2 atom stereocenters. The van der Waals surface area contributed by atoms with Crippen molar-refractivity contribution in [2.75, 3.05) is 6.67 Å². The fraction of sp³-hybridized carbons (Fsp3) is 0.733. The van der Waals surface area contributed by atoms with E-state index in [0.29, 0.717) is 19.3 Å². The van der Waals surface area contributed by atoms with E-state index >= 15 is 0 Å². The number of aliphatic hydroxyl groups is 2. The molecule has 2 amide bonds. The van der Waals surface area contributed by atoms with Gasteiger partial charge in [-0.3, -0.25) is 14.4 Å². The van der Waals surface area contributed by atoms with E-state index in [-0.39, 0.29) is 18.4 Å². The first kappa shape index (κ1) is 21.2. The Balaban J connectivity index is 3.72. The van der Waals surface area contributed by atoms with Gasteiger partial charge in [0.05, 0.1) is 6.67 Å². The van der Waals surface area contributed by atoms with Gasteiger partial charge in [0.25, 0.3) is 5.91 Å². The summed E-state index contributed by atoms with van der Waals surface area (Å²) in [5.74, 6) is -1.74. The van der Waals surface area contributed by atoms with Crippen LogP contribution in [0.4, 0.5) is 0 Å². The molecule has 0 radical (unpaired) electrons. The molecule has 0 aliphatic heterocycles. The van der Waals surface area contributed by atoms with Crippen molar-refractivity contribution in [2.24, 2.45) is 0 Å². The van der Waals surface area contributed by atoms with Crippen molar-refractivity contribution < 1.29 is 29.4 Å². The van der Waals surface area contributed by atoms with Gasteiger partial charge in [-0.05, 0) is 26.7 Å². The Morgan fingerprint density at radius 1 is 0.826 bits per heavy atom. The zero-order chi connectivity index (χ0) is 17.8. The van der Waals surface area contributed by atoms with Gasteiger partial charge in [0.2, 0.25) is 5.91 Å². The van der Waals surface area contributed by atoms with E-state index in [2.05, 4.69) is 10.6 Å². The normalized spacial score (nSPS) is 13.0. The second-order valence-corrected chi connectivity index (χ2v) is 5.43. The fourth-order valence-electron chi connectivity index (χ4n) is 1.80. The molecule has 4 N–H and O–H groups in total. The topological polar surface area (TPSA) is 133 Å². The van der Waals surface area contributed by atoms with Gasteiger partial charge in [-0.2, -0.15) is 0 Å². The molecule has 132 valence electrons. The van der Waals surface area contributed by atoms with E-state index < -0.39 is 23.9 Å². The van der Waals surface area contributed by atoms with Crippen LogP contribution in [-0.2, 0) is 19.2 Å². The van der Waals surface area contributed by atoms with Crippen LogP contribution < -0.4 is 10.6 Å². The molecule has 0 rings (SSSR count). The molecule has 0 aromatic carbocycles. The fourth-order valence-corrected chi connectivity index (χ4v) is 1.80. The molecule has 0 fully saturated rings. The van der Waals surface area contributed by atoms with Crippen LogP contribution in [0.5, 0.6) is 0 Å². The number of hydrogen-bond donors (Lipinski definition) is 4. The average Bonchev–Trinajstić information content (AvgIpc) is 2.48. The first-order chi connectivity index (χ1) is 10.8. The van der Waals surface area contributed by atoms with Gasteiger partial charge >= 0.3 is 0 Å². The van der Waals surface area contributed by atoms with Gasteiger partial charge in [0.15, 0.2) is 11.9 Å². The molecule has 0 spiro atoms. The lowest BCUT2D eigenvalue weighted by atomic mass is 10.1. The number of carbonyl (C=O) groups is 4. The van der Waals surface area contributed by atoms with Crippen molar-refractivity contribution in [1.82, 2.24) is 10.6 Å². The van der Waals surface area contributed by atoms with Crippen LogP contribution in [0, 0.1) is 0 Å². The summed E-state index contributed by atoms with van der Waals surface area (Å²) in [6.45, 7) is 2.41. The second-order valence-electron chi connectivity index (χ2n) is 5.43. The van der Waals surface area contributed by atoms with E-state index in [1.54, 1.807) is 6.92 Å². The third-order valence-electron chi connectivity index (χ3n) is 3.22. The molecule has 23 heavy (non-hydrogen) atoms. The van der Waals surface area contributed by atoms with Gasteiger partial charge in [0, 0.05) is 12.8 Å². The lowest BCUT2D eigenvalue weighted by Gasteiger charge is -2.15. The van der Waals surface area contributed by atoms with E-state index in [0.717, 1.165) is 26.2 Å². The molecule has 8 heteroatoms. The molecule has 8 nitrogen and oxygen atoms in total. The van der Waals surface area contributed by atoms with Crippen molar-refractivity contribution >= 4 is 23.4 Å². The number of carbonyl (C=O) groups excluding carboxylic acids is 4. The Kier molecular flexibility index (Phi) is 10.8. The highest BCUT2D eigenvalue weighted by Gasteiger charge is 2.27. The maximum atomic E-state index is 11.5. The molecule has 0 bridgehead atoms. The number of Topliss-reactive ketones (excluding diaryl/α,β-unsaturated/α-hetero) is 2. The Hall–Kier alpha value is -1.80. The van der Waals surface area contributed by atoms with Gasteiger partial charge < -0.3 is 25.6 Å². The number of aliphatic hydroxyl groups excluding tert-OH is 2. The molecule has 0 aromatic rings. The third-order valence-corrected chi connectivity index (χ3v) is 3.22. The van der Waals surface area contributed by atoms with Crippen LogP contribution in [0.2, 0.25) is 0 Å². The summed E-state index contributed by atoms with van der Waals surface area (Å²) in [6.07, 6.45) is 0.467. The Morgan fingerprint density at radius 2 is 1.39 bits per heavy atom. The van der Waals surface area contributed by atoms with Crippen molar-refractivity contribution in [1.29, 1.82) is 0 Å². The predicted octanol–water partition coefficient (Wildman–Crippen LogP) is -0.583. The second kappa shape index (κ2) is 11.7. The van der Waals surface area contributed by atoms with Gasteiger partial charge in [-0.1, -0.05) is 12.8 Å². The summed E-state index contributed by atoms with van der Waals surface area (Å²) in [6, 6.07) is 0. The molecule has 0 aliphatic rings. The van der Waals surface area contributed by atoms with Crippen LogP contribution in [0.25, 0.3) is 0 Å². The van der Waals surface area contributed by atoms with E-state index in [4.69, 9.17) is 0 Å². The lowest BCUT2D eigenvalue weighted by molar-refractivity contribution is -0.143. The number of ketones is 2. The number of amides is 2. The molecule has 0 unspecified atom stereocenters. The zero-order valence-corrected chi connectivity index (χ0v) is 13.6. The lowest BCUT2D eigenvalue weighted by Crippen LogP contribution is -2.48. The average molecular weight is 330 g/mol. The Morgan fingerprint density at radius 3 is 1.91 bits per heavy atom. The van der Waals surface area contributed by atoms with Gasteiger partial charge in [-0.25, -0.2) is 0 Å². The van der Waals surface area contributed by atoms with Gasteiger partial charge in [-0.15, -0.1) is 0 Å². The summed E-state index contributed by atoms with van der Waals surface area (Å²) in [5, 5.41) is 23.2. The predicted molar refractivity (Wildman–Crippen MR) is 82.2 cm³/mol. The van der Waals surface area contributed by atoms with E-state index in [1.807, 2.05) is 0 Å². The minimum absolute atomic E-state index is 0.163. The first-order valence-electron chi connectivity index (χ1n) is 7.66. The maximum Gasteiger partial charge on any atom is 0.253 e. The zero-order valence-electron chi connectivity index (χ0n) is 13.6. The monoisotopic (exact) mass is 330 g/mol. The molecular weight excluding hydrogens is 304 g/mol. The molecule has 0 aromatic heterocycles. The van der Waals surface area contributed by atoms with Crippen LogP contribution in [-0.4, -0.2) is 52.5 Å². The van der Waals surface area contributed by atoms with Crippen molar-refractivity contribution in [2.45, 2.75) is 64.6 Å². The summed E-state index contributed by atoms with van der Waals surface area (Å²) < 4.78 is 0. The van der Waals surface area contributed by atoms with Crippen molar-refractivity contribution in [3.8, 4) is 0 Å². The largest absolute Gasteiger partial charge is 0.382 e. The molecule has 0 heterocycles. The molecular formula is C15H26N2O6. The van der Waals surface area contributed by atoms with Crippen LogP contribution >= 0.6 is 0 Å². The summed E-state index contributed by atoms with van der Waals surface area (Å²) in [4.78, 5) is 44.5. The first-order valence-corrected chi connectivity index (χ1v) is 7.66. The minimum atomic E-state index is -1.86. The standard InChI is InChI=1S/C15H26N2O6/c1-10(18)7-5-3-4-6-8-12(20)16-9-17-15(23)14(22)13(21)11(2)19/h13-14,21-22H,3-9H2,1-2H3,(H,16,20)(H,17,23)/t13-,14+/m0/s1. The maximum absolute atomic E-state index is 11.5. The minimum Gasteiger partial charge on any atom is -0.382 e. The number of hydrogen-bond acceptors (Lipinski definition) is 6. The Bertz CT molecular complexity index is 424. The van der Waals surface area contributed by atoms with Crippen LogP contribution in [0.1, 0.15) is 52.4 Å². The highest BCUT2D eigenvalue weighted by molar-refractivity contribution is 5.90. The quantitative estimate of drug-likeness (QED) is 0.279. The molecule has 0 aliphatic carbocycles.